The summed E-state index contributed by atoms with van der Waals surface area (Å²) in [6.45, 7) is 4.88. The molecule has 1 aromatic heterocycles. The van der Waals surface area contributed by atoms with E-state index in [-0.39, 0.29) is 17.3 Å². The van der Waals surface area contributed by atoms with E-state index in [4.69, 9.17) is 0 Å². The summed E-state index contributed by atoms with van der Waals surface area (Å²) in [6, 6.07) is 15.8. The Balaban J connectivity index is 1.61. The average Bonchev–Trinajstić information content (AvgIpc) is 2.81. The zero-order valence-corrected chi connectivity index (χ0v) is 17.2. The number of hydrogen-bond donors (Lipinski definition) is 0. The summed E-state index contributed by atoms with van der Waals surface area (Å²) in [5, 5.41) is 12.1. The topological polar surface area (TPSA) is 78.6 Å². The Kier molecular flexibility index (Phi) is 5.92. The first kappa shape index (κ1) is 20.5. The molecule has 0 aliphatic carbocycles. The lowest BCUT2D eigenvalue weighted by atomic mass is 10.2. The van der Waals surface area contributed by atoms with E-state index < -0.39 is 4.92 Å². The number of aromatic nitrogens is 2. The van der Waals surface area contributed by atoms with Crippen molar-refractivity contribution in [1.29, 1.82) is 0 Å². The number of benzene rings is 2. The molecule has 9 heteroatoms. The van der Waals surface area contributed by atoms with Crippen LogP contribution in [0.5, 0.6) is 0 Å². The minimum absolute atomic E-state index is 0.0940. The molecule has 0 spiro atoms. The van der Waals surface area contributed by atoms with Gasteiger partial charge in [0.2, 0.25) is 11.6 Å². The monoisotopic (exact) mass is 422 g/mol. The highest BCUT2D eigenvalue weighted by molar-refractivity contribution is 5.76. The van der Waals surface area contributed by atoms with Gasteiger partial charge in [0.25, 0.3) is 0 Å². The normalized spacial score (nSPS) is 13.9. The van der Waals surface area contributed by atoms with Gasteiger partial charge in [-0.05, 0) is 43.3 Å². The van der Waals surface area contributed by atoms with Crippen molar-refractivity contribution in [3.63, 3.8) is 0 Å². The molecule has 0 unspecified atom stereocenters. The van der Waals surface area contributed by atoms with Crippen LogP contribution in [0.4, 0.5) is 33.1 Å². The zero-order chi connectivity index (χ0) is 21.8. The molecule has 1 saturated heterocycles. The van der Waals surface area contributed by atoms with Crippen LogP contribution in [0.25, 0.3) is 0 Å². The van der Waals surface area contributed by atoms with Crippen molar-refractivity contribution >= 4 is 28.7 Å². The number of nitrogens with zero attached hydrogens (tertiary/aromatic N) is 6. The molecule has 1 aliphatic heterocycles. The summed E-state index contributed by atoms with van der Waals surface area (Å²) in [5.74, 6) is 0.332. The fourth-order valence-electron chi connectivity index (χ4n) is 3.84. The van der Waals surface area contributed by atoms with Crippen LogP contribution in [-0.2, 0) is 0 Å². The minimum Gasteiger partial charge on any atom is -0.368 e. The van der Waals surface area contributed by atoms with Gasteiger partial charge in [0.05, 0.1) is 4.92 Å². The molecule has 0 N–H and O–H groups in total. The van der Waals surface area contributed by atoms with Gasteiger partial charge in [-0.3, -0.25) is 10.1 Å². The van der Waals surface area contributed by atoms with Crippen molar-refractivity contribution < 1.29 is 9.31 Å². The Morgan fingerprint density at radius 3 is 2.26 bits per heavy atom. The molecular weight excluding hydrogens is 399 g/mol. The third-order valence-corrected chi connectivity index (χ3v) is 5.38. The van der Waals surface area contributed by atoms with Crippen LogP contribution >= 0.6 is 0 Å². The number of nitro groups is 1. The van der Waals surface area contributed by atoms with E-state index in [0.717, 1.165) is 11.4 Å². The molecule has 31 heavy (non-hydrogen) atoms. The molecule has 1 aliphatic rings. The second-order valence-corrected chi connectivity index (χ2v) is 7.16. The number of halogens is 1. The fraction of sp³-hybridized carbons (Fsp3) is 0.273. The van der Waals surface area contributed by atoms with Crippen LogP contribution in [-0.4, -0.2) is 47.6 Å². The van der Waals surface area contributed by atoms with Crippen molar-refractivity contribution in [2.24, 2.45) is 0 Å². The maximum atomic E-state index is 13.2. The maximum Gasteiger partial charge on any atom is 0.353 e. The fourth-order valence-corrected chi connectivity index (χ4v) is 3.84. The molecule has 160 valence electrons. The van der Waals surface area contributed by atoms with Gasteiger partial charge in [0, 0.05) is 44.1 Å². The van der Waals surface area contributed by atoms with Gasteiger partial charge >= 0.3 is 5.69 Å². The lowest BCUT2D eigenvalue weighted by Crippen LogP contribution is -2.47. The highest BCUT2D eigenvalue weighted by Gasteiger charge is 2.31. The van der Waals surface area contributed by atoms with Crippen LogP contribution in [0.2, 0.25) is 0 Å². The van der Waals surface area contributed by atoms with Gasteiger partial charge in [-0.2, -0.15) is 0 Å². The summed E-state index contributed by atoms with van der Waals surface area (Å²) in [6.07, 6.45) is 1.38. The van der Waals surface area contributed by atoms with Crippen molar-refractivity contribution in [3.05, 3.63) is 76.9 Å². The van der Waals surface area contributed by atoms with E-state index in [2.05, 4.69) is 14.9 Å². The van der Waals surface area contributed by atoms with Gasteiger partial charge in [-0.15, -0.1) is 0 Å². The van der Waals surface area contributed by atoms with Crippen LogP contribution in [0.3, 0.4) is 0 Å². The molecule has 0 saturated carbocycles. The molecule has 0 amide bonds. The van der Waals surface area contributed by atoms with E-state index in [1.165, 1.54) is 18.5 Å². The Labute approximate surface area is 179 Å². The van der Waals surface area contributed by atoms with E-state index >= 15 is 0 Å². The third-order valence-electron chi connectivity index (χ3n) is 5.38. The molecule has 0 radical (unpaired) electrons. The summed E-state index contributed by atoms with van der Waals surface area (Å²) in [5.41, 5.74) is 1.67. The zero-order valence-electron chi connectivity index (χ0n) is 17.2. The molecule has 4 rings (SSSR count). The molecule has 2 heterocycles. The molecule has 0 atom stereocenters. The smallest absolute Gasteiger partial charge is 0.353 e. The van der Waals surface area contributed by atoms with Gasteiger partial charge < -0.3 is 14.7 Å². The summed E-state index contributed by atoms with van der Waals surface area (Å²) in [4.78, 5) is 26.1. The molecule has 2 aromatic carbocycles. The number of piperazine rings is 1. The van der Waals surface area contributed by atoms with Crippen LogP contribution in [0.1, 0.15) is 6.92 Å². The quantitative estimate of drug-likeness (QED) is 0.439. The number of anilines is 4. The van der Waals surface area contributed by atoms with Crippen LogP contribution in [0, 0.1) is 15.9 Å². The van der Waals surface area contributed by atoms with Gasteiger partial charge in [0.15, 0.2) is 0 Å². The van der Waals surface area contributed by atoms with Crippen LogP contribution in [0.15, 0.2) is 60.9 Å². The second-order valence-electron chi connectivity index (χ2n) is 7.16. The highest BCUT2D eigenvalue weighted by Crippen LogP contribution is 2.37. The first-order chi connectivity index (χ1) is 15.1. The molecule has 1 fully saturated rings. The van der Waals surface area contributed by atoms with E-state index in [9.17, 15) is 14.5 Å². The molecular formula is C22H23FN6O2. The van der Waals surface area contributed by atoms with E-state index in [0.29, 0.717) is 38.5 Å². The molecule has 3 aromatic rings. The predicted octanol–water partition coefficient (Wildman–Crippen LogP) is 4.01. The maximum absolute atomic E-state index is 13.2. The third kappa shape index (κ3) is 4.25. The summed E-state index contributed by atoms with van der Waals surface area (Å²) in [7, 11) is 0. The Morgan fingerprint density at radius 1 is 1.00 bits per heavy atom. The van der Waals surface area contributed by atoms with E-state index in [1.807, 2.05) is 47.1 Å². The van der Waals surface area contributed by atoms with Crippen molar-refractivity contribution in [1.82, 2.24) is 9.97 Å². The van der Waals surface area contributed by atoms with Gasteiger partial charge in [0.1, 0.15) is 12.1 Å². The predicted molar refractivity (Wildman–Crippen MR) is 119 cm³/mol. The van der Waals surface area contributed by atoms with Gasteiger partial charge in [-0.25, -0.2) is 14.4 Å². The second kappa shape index (κ2) is 8.95. The number of hydrogen-bond acceptors (Lipinski definition) is 7. The van der Waals surface area contributed by atoms with Crippen molar-refractivity contribution in [2.75, 3.05) is 47.4 Å². The van der Waals surface area contributed by atoms with E-state index in [1.54, 1.807) is 12.1 Å². The molecule has 0 bridgehead atoms. The summed E-state index contributed by atoms with van der Waals surface area (Å²) < 4.78 is 13.2. The van der Waals surface area contributed by atoms with Crippen molar-refractivity contribution in [3.8, 4) is 0 Å². The van der Waals surface area contributed by atoms with Crippen LogP contribution < -0.4 is 14.7 Å². The standard InChI is InChI=1S/C22H23FN6O2/c1-2-28(19-6-4-3-5-7-19)22-20(29(30)31)21(24-16-25-22)27-14-12-26(13-15-27)18-10-8-17(23)9-11-18/h3-11,16H,2,12-15H2,1H3. The largest absolute Gasteiger partial charge is 0.368 e. The van der Waals surface area contributed by atoms with Crippen molar-refractivity contribution in [2.45, 2.75) is 6.92 Å². The number of rotatable bonds is 6. The first-order valence-electron chi connectivity index (χ1n) is 10.2. The Morgan fingerprint density at radius 2 is 1.65 bits per heavy atom. The minimum atomic E-state index is -0.400. The first-order valence-corrected chi connectivity index (χ1v) is 10.2. The lowest BCUT2D eigenvalue weighted by molar-refractivity contribution is -0.383. The van der Waals surface area contributed by atoms with Gasteiger partial charge in [-0.1, -0.05) is 18.2 Å². The Bertz CT molecular complexity index is 1040. The SMILES string of the molecule is CCN(c1ccccc1)c1ncnc(N2CCN(c3ccc(F)cc3)CC2)c1[N+](=O)[O-]. The number of para-hydroxylation sites is 1. The molecule has 8 nitrogen and oxygen atoms in total. The summed E-state index contributed by atoms with van der Waals surface area (Å²) >= 11 is 0. The lowest BCUT2D eigenvalue weighted by Gasteiger charge is -2.36. The highest BCUT2D eigenvalue weighted by atomic mass is 19.1. The average molecular weight is 422 g/mol. The Hall–Kier alpha value is -3.75.